The van der Waals surface area contributed by atoms with Crippen LogP contribution in [0.15, 0.2) is 36.4 Å². The van der Waals surface area contributed by atoms with E-state index < -0.39 is 17.5 Å². The summed E-state index contributed by atoms with van der Waals surface area (Å²) >= 11 is 0. The number of anilines is 2. The third kappa shape index (κ3) is 2.54. The minimum Gasteiger partial charge on any atom is -0.508 e. The number of rotatable bonds is 2. The van der Waals surface area contributed by atoms with Gasteiger partial charge in [-0.3, -0.25) is 4.79 Å². The summed E-state index contributed by atoms with van der Waals surface area (Å²) in [6.07, 6.45) is 0. The van der Waals surface area contributed by atoms with Crippen molar-refractivity contribution in [1.82, 2.24) is 0 Å². The predicted molar refractivity (Wildman–Crippen MR) is 71.6 cm³/mol. The first-order valence-corrected chi connectivity index (χ1v) is 5.71. The van der Waals surface area contributed by atoms with Gasteiger partial charge in [-0.05, 0) is 30.3 Å². The zero-order chi connectivity index (χ0) is 14.9. The number of nitrogen functional groups attached to an aromatic ring is 1. The fraction of sp³-hybridized carbons (Fsp3) is 0.0714. The summed E-state index contributed by atoms with van der Waals surface area (Å²) in [4.78, 5) is 13.4. The molecule has 3 N–H and O–H groups in total. The van der Waals surface area contributed by atoms with Gasteiger partial charge in [0, 0.05) is 24.5 Å². The number of hydrogen-bond acceptors (Lipinski definition) is 3. The number of amides is 1. The first-order chi connectivity index (χ1) is 9.40. The molecule has 0 spiro atoms. The molecule has 2 aromatic rings. The van der Waals surface area contributed by atoms with Gasteiger partial charge in [0.05, 0.1) is 5.56 Å². The highest BCUT2D eigenvalue weighted by Gasteiger charge is 2.19. The molecule has 20 heavy (non-hydrogen) atoms. The van der Waals surface area contributed by atoms with Crippen molar-refractivity contribution in [2.24, 2.45) is 0 Å². The maximum Gasteiger partial charge on any atom is 0.260 e. The Morgan fingerprint density at radius 1 is 1.15 bits per heavy atom. The van der Waals surface area contributed by atoms with Gasteiger partial charge < -0.3 is 15.7 Å². The molecule has 4 nitrogen and oxygen atoms in total. The van der Waals surface area contributed by atoms with Crippen LogP contribution in [0.25, 0.3) is 0 Å². The lowest BCUT2D eigenvalue weighted by molar-refractivity contribution is 0.0993. The molecule has 2 rings (SSSR count). The molecule has 1 amide bonds. The van der Waals surface area contributed by atoms with E-state index in [-0.39, 0.29) is 17.0 Å². The molecule has 0 bridgehead atoms. The van der Waals surface area contributed by atoms with Crippen molar-refractivity contribution in [3.63, 3.8) is 0 Å². The van der Waals surface area contributed by atoms with E-state index in [0.29, 0.717) is 5.69 Å². The first kappa shape index (κ1) is 13.8. The molecule has 0 heterocycles. The normalized spacial score (nSPS) is 10.3. The molecule has 6 heteroatoms. The van der Waals surface area contributed by atoms with Gasteiger partial charge in [-0.1, -0.05) is 0 Å². The lowest BCUT2D eigenvalue weighted by atomic mass is 10.1. The number of carbonyl (C=O) groups is 1. The number of phenols is 1. The van der Waals surface area contributed by atoms with Crippen LogP contribution in [-0.4, -0.2) is 18.1 Å². The molecule has 0 aliphatic heterocycles. The SMILES string of the molecule is CN(C(=O)c1cc(F)c(F)cc1N)c1ccc(O)cc1. The number of aromatic hydroxyl groups is 1. The molecule has 0 aliphatic rings. The van der Waals surface area contributed by atoms with Crippen LogP contribution in [0.4, 0.5) is 20.2 Å². The summed E-state index contributed by atoms with van der Waals surface area (Å²) < 4.78 is 26.2. The zero-order valence-corrected chi connectivity index (χ0v) is 10.6. The van der Waals surface area contributed by atoms with Gasteiger partial charge in [0.25, 0.3) is 5.91 Å². The maximum absolute atomic E-state index is 13.2. The second-order valence-electron chi connectivity index (χ2n) is 4.23. The van der Waals surface area contributed by atoms with Crippen LogP contribution < -0.4 is 10.6 Å². The smallest absolute Gasteiger partial charge is 0.260 e. The third-order valence-electron chi connectivity index (χ3n) is 2.86. The minimum atomic E-state index is -1.14. The van der Waals surface area contributed by atoms with Crippen molar-refractivity contribution in [3.8, 4) is 5.75 Å². The lowest BCUT2D eigenvalue weighted by Gasteiger charge is -2.18. The van der Waals surface area contributed by atoms with Crippen LogP contribution in [0, 0.1) is 11.6 Å². The van der Waals surface area contributed by atoms with Crippen molar-refractivity contribution in [2.45, 2.75) is 0 Å². The molecule has 0 aromatic heterocycles. The zero-order valence-electron chi connectivity index (χ0n) is 10.6. The summed E-state index contributed by atoms with van der Waals surface area (Å²) in [5.74, 6) is -2.76. The summed E-state index contributed by atoms with van der Waals surface area (Å²) in [5.41, 5.74) is 5.76. The molecule has 0 unspecified atom stereocenters. The van der Waals surface area contributed by atoms with Gasteiger partial charge >= 0.3 is 0 Å². The summed E-state index contributed by atoms with van der Waals surface area (Å²) in [6, 6.07) is 7.39. The predicted octanol–water partition coefficient (Wildman–Crippen LogP) is 2.53. The molecule has 0 saturated carbocycles. The molecule has 0 saturated heterocycles. The topological polar surface area (TPSA) is 66.6 Å². The number of phenolic OH excluding ortho intramolecular Hbond substituents is 1. The van der Waals surface area contributed by atoms with E-state index in [1.54, 1.807) is 0 Å². The quantitative estimate of drug-likeness (QED) is 0.829. The average molecular weight is 278 g/mol. The number of halogens is 2. The minimum absolute atomic E-state index is 0.0574. The summed E-state index contributed by atoms with van der Waals surface area (Å²) in [5, 5.41) is 9.19. The second kappa shape index (κ2) is 5.16. The van der Waals surface area contributed by atoms with E-state index in [1.165, 1.54) is 36.2 Å². The summed E-state index contributed by atoms with van der Waals surface area (Å²) in [6.45, 7) is 0. The van der Waals surface area contributed by atoms with Gasteiger partial charge in [-0.25, -0.2) is 8.78 Å². The number of hydrogen-bond donors (Lipinski definition) is 2. The highest BCUT2D eigenvalue weighted by atomic mass is 19.2. The highest BCUT2D eigenvalue weighted by Crippen LogP contribution is 2.23. The summed E-state index contributed by atoms with van der Waals surface area (Å²) in [7, 11) is 1.47. The molecule has 0 atom stereocenters. The van der Waals surface area contributed by atoms with Gasteiger partial charge in [0.2, 0.25) is 0 Å². The van der Waals surface area contributed by atoms with Crippen LogP contribution in [0.3, 0.4) is 0 Å². The van der Waals surface area contributed by atoms with E-state index in [9.17, 15) is 18.7 Å². The van der Waals surface area contributed by atoms with Crippen LogP contribution in [0.5, 0.6) is 5.75 Å². The van der Waals surface area contributed by atoms with E-state index >= 15 is 0 Å². The Bertz CT molecular complexity index is 657. The van der Waals surface area contributed by atoms with Crippen LogP contribution in [0.2, 0.25) is 0 Å². The Kier molecular flexibility index (Phi) is 3.56. The Hall–Kier alpha value is -2.63. The molecular formula is C14H12F2N2O2. The van der Waals surface area contributed by atoms with Crippen molar-refractivity contribution < 1.29 is 18.7 Å². The van der Waals surface area contributed by atoms with Gasteiger partial charge in [-0.15, -0.1) is 0 Å². The van der Waals surface area contributed by atoms with Crippen molar-refractivity contribution in [2.75, 3.05) is 17.7 Å². The van der Waals surface area contributed by atoms with Crippen molar-refractivity contribution in [1.29, 1.82) is 0 Å². The Morgan fingerprint density at radius 3 is 2.30 bits per heavy atom. The number of nitrogens with zero attached hydrogens (tertiary/aromatic N) is 1. The molecule has 0 radical (unpaired) electrons. The van der Waals surface area contributed by atoms with E-state index in [2.05, 4.69) is 0 Å². The van der Waals surface area contributed by atoms with Crippen LogP contribution in [0.1, 0.15) is 10.4 Å². The highest BCUT2D eigenvalue weighted by molar-refractivity contribution is 6.09. The fourth-order valence-electron chi connectivity index (χ4n) is 1.72. The largest absolute Gasteiger partial charge is 0.508 e. The lowest BCUT2D eigenvalue weighted by Crippen LogP contribution is -2.27. The van der Waals surface area contributed by atoms with E-state index in [0.717, 1.165) is 12.1 Å². The molecular weight excluding hydrogens is 266 g/mol. The van der Waals surface area contributed by atoms with E-state index in [4.69, 9.17) is 5.73 Å². The number of nitrogens with two attached hydrogens (primary N) is 1. The van der Waals surface area contributed by atoms with Crippen LogP contribution >= 0.6 is 0 Å². The molecule has 0 fully saturated rings. The standard InChI is InChI=1S/C14H12F2N2O2/c1-18(8-2-4-9(19)5-3-8)14(20)10-6-11(15)12(16)7-13(10)17/h2-7,19H,17H2,1H3. The van der Waals surface area contributed by atoms with Crippen LogP contribution in [-0.2, 0) is 0 Å². The maximum atomic E-state index is 13.2. The number of carbonyl (C=O) groups excluding carboxylic acids is 1. The van der Waals surface area contributed by atoms with Gasteiger partial charge in [0.15, 0.2) is 11.6 Å². The van der Waals surface area contributed by atoms with Crippen molar-refractivity contribution >= 4 is 17.3 Å². The Labute approximate surface area is 114 Å². The Morgan fingerprint density at radius 2 is 1.70 bits per heavy atom. The molecule has 104 valence electrons. The Balaban J connectivity index is 2.36. The monoisotopic (exact) mass is 278 g/mol. The first-order valence-electron chi connectivity index (χ1n) is 5.71. The van der Waals surface area contributed by atoms with Crippen molar-refractivity contribution in [3.05, 3.63) is 53.6 Å². The van der Waals surface area contributed by atoms with Gasteiger partial charge in [0.1, 0.15) is 5.75 Å². The second-order valence-corrected chi connectivity index (χ2v) is 4.23. The number of benzene rings is 2. The average Bonchev–Trinajstić information content (AvgIpc) is 2.42. The third-order valence-corrected chi connectivity index (χ3v) is 2.86. The fourth-order valence-corrected chi connectivity index (χ4v) is 1.72. The van der Waals surface area contributed by atoms with Gasteiger partial charge in [-0.2, -0.15) is 0 Å². The molecule has 2 aromatic carbocycles. The van der Waals surface area contributed by atoms with E-state index in [1.807, 2.05) is 0 Å². The molecule has 0 aliphatic carbocycles.